The van der Waals surface area contributed by atoms with E-state index in [9.17, 15) is 14.7 Å². The van der Waals surface area contributed by atoms with Gasteiger partial charge in [-0.1, -0.05) is 56.0 Å². The zero-order valence-electron chi connectivity index (χ0n) is 14.8. The second kappa shape index (κ2) is 8.97. The van der Waals surface area contributed by atoms with Crippen molar-refractivity contribution in [3.05, 3.63) is 35.9 Å². The van der Waals surface area contributed by atoms with E-state index < -0.39 is 23.3 Å². The van der Waals surface area contributed by atoms with Gasteiger partial charge in [0.2, 0.25) is 5.91 Å². The summed E-state index contributed by atoms with van der Waals surface area (Å²) >= 11 is 0. The molecule has 1 atom stereocenters. The van der Waals surface area contributed by atoms with Gasteiger partial charge in [0.05, 0.1) is 5.41 Å². The van der Waals surface area contributed by atoms with Gasteiger partial charge in [0, 0.05) is 0 Å². The Hall–Kier alpha value is -1.17. The van der Waals surface area contributed by atoms with E-state index in [4.69, 9.17) is 0 Å². The van der Waals surface area contributed by atoms with Crippen molar-refractivity contribution < 1.29 is 44.3 Å². The number of amides is 3. The average molecular weight is 350 g/mol. The molecule has 0 spiro atoms. The Morgan fingerprint density at radius 1 is 1.12 bits per heavy atom. The van der Waals surface area contributed by atoms with Crippen LogP contribution in [0.4, 0.5) is 4.79 Å². The van der Waals surface area contributed by atoms with E-state index in [1.807, 2.05) is 30.3 Å². The summed E-state index contributed by atoms with van der Waals surface area (Å²) < 4.78 is 0. The molecule has 1 unspecified atom stereocenters. The molecule has 1 aromatic rings. The van der Waals surface area contributed by atoms with Crippen LogP contribution in [0.2, 0.25) is 0 Å². The van der Waals surface area contributed by atoms with E-state index in [-0.39, 0.29) is 29.6 Å². The predicted octanol–water partition coefficient (Wildman–Crippen LogP) is -0.411. The predicted molar refractivity (Wildman–Crippen MR) is 89.4 cm³/mol. The molecule has 1 heterocycles. The van der Waals surface area contributed by atoms with Gasteiger partial charge in [0.15, 0.2) is 0 Å². The number of aliphatic imine (C=N–C) groups is 1. The Kier molecular flexibility index (Phi) is 7.23. The molecule has 1 aliphatic carbocycles. The Morgan fingerprint density at radius 2 is 1.80 bits per heavy atom. The van der Waals surface area contributed by atoms with Gasteiger partial charge in [0.25, 0.3) is 0 Å². The van der Waals surface area contributed by atoms with Crippen molar-refractivity contribution in [1.29, 1.82) is 0 Å². The van der Waals surface area contributed by atoms with Gasteiger partial charge in [-0.15, -0.1) is 0 Å². The summed E-state index contributed by atoms with van der Waals surface area (Å²) in [6, 6.07) is 8.96. The van der Waals surface area contributed by atoms with Crippen molar-refractivity contribution in [2.75, 3.05) is 0 Å². The number of carbonyl (C=O) groups is 2. The number of aryl methyl sites for hydroxylation is 1. The van der Waals surface area contributed by atoms with Crippen molar-refractivity contribution in [1.82, 2.24) is 5.32 Å². The number of urea groups is 1. The minimum atomic E-state index is -1.19. The SMILES string of the molecule is O=C1N=C([O-])C(CCc2ccccc2)(CCC2CCCC2)C(=O)N1.[Na+]. The maximum atomic E-state index is 12.6. The van der Waals surface area contributed by atoms with Crippen LogP contribution in [0.1, 0.15) is 50.5 Å². The van der Waals surface area contributed by atoms with Crippen LogP contribution in [0.15, 0.2) is 35.3 Å². The molecule has 0 radical (unpaired) electrons. The van der Waals surface area contributed by atoms with E-state index >= 15 is 0 Å². The topological polar surface area (TPSA) is 81.6 Å². The van der Waals surface area contributed by atoms with Crippen molar-refractivity contribution >= 4 is 17.8 Å². The van der Waals surface area contributed by atoms with Crippen LogP contribution in [-0.4, -0.2) is 17.8 Å². The maximum absolute atomic E-state index is 12.6. The number of nitrogens with zero attached hydrogens (tertiary/aromatic N) is 1. The molecule has 2 aliphatic rings. The van der Waals surface area contributed by atoms with Gasteiger partial charge in [-0.05, 0) is 43.1 Å². The summed E-state index contributed by atoms with van der Waals surface area (Å²) in [7, 11) is 0. The summed E-state index contributed by atoms with van der Waals surface area (Å²) in [6.07, 6.45) is 7.12. The third kappa shape index (κ3) is 4.72. The number of carbonyl (C=O) groups excluding carboxylic acids is 2. The normalized spacial score (nSPS) is 23.8. The van der Waals surface area contributed by atoms with Crippen LogP contribution in [0.25, 0.3) is 0 Å². The Balaban J connectivity index is 0.00000225. The Labute approximate surface area is 170 Å². The minimum absolute atomic E-state index is 0. The molecule has 0 bridgehead atoms. The summed E-state index contributed by atoms with van der Waals surface area (Å²) in [6.45, 7) is 0. The number of rotatable bonds is 6. The third-order valence-electron chi connectivity index (χ3n) is 5.40. The largest absolute Gasteiger partial charge is 1.00 e. The maximum Gasteiger partial charge on any atom is 1.00 e. The van der Waals surface area contributed by atoms with Crippen LogP contribution in [0.5, 0.6) is 0 Å². The first-order chi connectivity index (χ1) is 11.6. The van der Waals surface area contributed by atoms with Gasteiger partial charge in [0.1, 0.15) is 0 Å². The smallest absolute Gasteiger partial charge is 0.861 e. The monoisotopic (exact) mass is 350 g/mol. The quantitative estimate of drug-likeness (QED) is 0.708. The zero-order valence-corrected chi connectivity index (χ0v) is 16.8. The number of imide groups is 1. The van der Waals surface area contributed by atoms with Gasteiger partial charge < -0.3 is 5.11 Å². The number of hydrogen-bond donors (Lipinski definition) is 1. The molecule has 1 fully saturated rings. The molecule has 1 saturated carbocycles. The number of hydrogen-bond acceptors (Lipinski definition) is 3. The minimum Gasteiger partial charge on any atom is -0.861 e. The molecule has 1 aliphatic heterocycles. The van der Waals surface area contributed by atoms with E-state index in [1.54, 1.807) is 0 Å². The number of nitrogens with one attached hydrogen (secondary N) is 1. The first-order valence-corrected chi connectivity index (χ1v) is 8.76. The van der Waals surface area contributed by atoms with Crippen LogP contribution >= 0.6 is 0 Å². The molecular weight excluding hydrogens is 327 g/mol. The second-order valence-corrected chi connectivity index (χ2v) is 6.93. The first kappa shape index (κ1) is 20.1. The van der Waals surface area contributed by atoms with Crippen LogP contribution in [0.3, 0.4) is 0 Å². The third-order valence-corrected chi connectivity index (χ3v) is 5.40. The number of benzene rings is 1. The molecule has 1 N–H and O–H groups in total. The summed E-state index contributed by atoms with van der Waals surface area (Å²) in [5, 5.41) is 14.8. The molecule has 0 aromatic heterocycles. The molecule has 1 aromatic carbocycles. The molecule has 25 heavy (non-hydrogen) atoms. The molecule has 0 saturated heterocycles. The summed E-state index contributed by atoms with van der Waals surface area (Å²) in [4.78, 5) is 27.5. The molecule has 6 heteroatoms. The second-order valence-electron chi connectivity index (χ2n) is 6.93. The first-order valence-electron chi connectivity index (χ1n) is 8.76. The van der Waals surface area contributed by atoms with Crippen molar-refractivity contribution in [2.45, 2.75) is 51.4 Å². The van der Waals surface area contributed by atoms with Crippen molar-refractivity contribution in [3.63, 3.8) is 0 Å². The summed E-state index contributed by atoms with van der Waals surface area (Å²) in [5.41, 5.74) is -0.109. The molecule has 3 amide bonds. The molecular formula is C19H23N2NaO3. The van der Waals surface area contributed by atoms with Gasteiger partial charge >= 0.3 is 35.6 Å². The van der Waals surface area contributed by atoms with E-state index in [1.165, 1.54) is 25.7 Å². The van der Waals surface area contributed by atoms with Crippen molar-refractivity contribution in [3.8, 4) is 0 Å². The van der Waals surface area contributed by atoms with E-state index in [0.29, 0.717) is 25.2 Å². The van der Waals surface area contributed by atoms with Gasteiger partial charge in [-0.3, -0.25) is 10.1 Å². The zero-order chi connectivity index (χ0) is 17.0. The van der Waals surface area contributed by atoms with E-state index in [0.717, 1.165) is 12.0 Å². The Bertz CT molecular complexity index is 641. The fraction of sp³-hybridized carbons (Fsp3) is 0.526. The van der Waals surface area contributed by atoms with Crippen LogP contribution in [-0.2, 0) is 11.2 Å². The van der Waals surface area contributed by atoms with Crippen molar-refractivity contribution in [2.24, 2.45) is 16.3 Å². The molecule has 128 valence electrons. The van der Waals surface area contributed by atoms with Crippen LogP contribution < -0.4 is 40.0 Å². The standard InChI is InChI=1S/C19H24N2O3.Na/c22-16-19(17(23)21-18(24)20-16,13-11-15-8-4-5-9-15)12-10-14-6-2-1-3-7-14;/h1-3,6-7,15H,4-5,8-13H2,(H2,20,21,22,23,24);/q;+1/p-1. The fourth-order valence-corrected chi connectivity index (χ4v) is 3.86. The Morgan fingerprint density at radius 3 is 2.44 bits per heavy atom. The van der Waals surface area contributed by atoms with Gasteiger partial charge in [-0.2, -0.15) is 0 Å². The van der Waals surface area contributed by atoms with Gasteiger partial charge in [-0.25, -0.2) is 9.79 Å². The van der Waals surface area contributed by atoms with E-state index in [2.05, 4.69) is 10.3 Å². The average Bonchev–Trinajstić information content (AvgIpc) is 3.08. The van der Waals surface area contributed by atoms with Crippen LogP contribution in [0, 0.1) is 11.3 Å². The fourth-order valence-electron chi connectivity index (χ4n) is 3.86. The molecule has 5 nitrogen and oxygen atoms in total. The summed E-state index contributed by atoms with van der Waals surface area (Å²) in [5.74, 6) is -0.455. The molecule has 3 rings (SSSR count).